The minimum absolute atomic E-state index is 0.0554. The normalized spacial score (nSPS) is 20.6. The van der Waals surface area contributed by atoms with Crippen LogP contribution in [0.5, 0.6) is 11.5 Å². The Balaban J connectivity index is 1.10. The number of hydrogen-bond donors (Lipinski definition) is 2. The highest BCUT2D eigenvalue weighted by atomic mass is 16.6. The lowest BCUT2D eigenvalue weighted by atomic mass is 9.79. The van der Waals surface area contributed by atoms with Crippen molar-refractivity contribution in [3.05, 3.63) is 188 Å². The van der Waals surface area contributed by atoms with Crippen LogP contribution < -0.4 is 20.7 Å². The van der Waals surface area contributed by atoms with Crippen molar-refractivity contribution in [2.45, 2.75) is 43.0 Å². The van der Waals surface area contributed by atoms with Gasteiger partial charge in [0.1, 0.15) is 28.8 Å². The molecule has 2 N–H and O–H groups in total. The third-order valence-electron chi connectivity index (χ3n) is 12.5. The summed E-state index contributed by atoms with van der Waals surface area (Å²) in [5.41, 5.74) is 0.428. The van der Waals surface area contributed by atoms with Gasteiger partial charge in [-0.1, -0.05) is 109 Å². The van der Waals surface area contributed by atoms with Gasteiger partial charge in [-0.2, -0.15) is 0 Å². The van der Waals surface area contributed by atoms with Gasteiger partial charge >= 0.3 is 5.69 Å². The molecule has 2 fully saturated rings. The number of morpholine rings is 1. The van der Waals surface area contributed by atoms with Crippen LogP contribution in [0.25, 0.3) is 32.3 Å². The fourth-order valence-electron chi connectivity index (χ4n) is 9.59. The minimum atomic E-state index is -1.29. The molecule has 0 unspecified atom stereocenters. The Morgan fingerprint density at radius 2 is 1.34 bits per heavy atom. The predicted octanol–water partition coefficient (Wildman–Crippen LogP) is 7.28. The van der Waals surface area contributed by atoms with Gasteiger partial charge in [0, 0.05) is 24.8 Å². The first-order valence-corrected chi connectivity index (χ1v) is 19.8. The molecule has 8 aromatic rings. The second-order valence-corrected chi connectivity index (χ2v) is 15.8. The summed E-state index contributed by atoms with van der Waals surface area (Å²) in [4.78, 5) is 30.8. The van der Waals surface area contributed by atoms with Gasteiger partial charge in [-0.05, 0) is 85.8 Å². The summed E-state index contributed by atoms with van der Waals surface area (Å²) in [6, 6.07) is 44.3. The number of nitrogens with one attached hydrogen (secondary N) is 1. The van der Waals surface area contributed by atoms with E-state index in [4.69, 9.17) is 18.9 Å². The molecule has 2 aliphatic rings. The number of ether oxygens (including phenoxy) is 4. The van der Waals surface area contributed by atoms with Gasteiger partial charge in [-0.25, -0.2) is 4.79 Å². The number of aryl methyl sites for hydroxylation is 1. The molecular formula is C49H43N3O7. The lowest BCUT2D eigenvalue weighted by molar-refractivity contribution is -0.179. The quantitative estimate of drug-likeness (QED) is 0.104. The van der Waals surface area contributed by atoms with Crippen molar-refractivity contribution in [2.24, 2.45) is 0 Å². The molecule has 2 saturated heterocycles. The largest absolute Gasteiger partial charge is 0.497 e. The van der Waals surface area contributed by atoms with Crippen molar-refractivity contribution in [3.8, 4) is 11.5 Å². The Labute approximate surface area is 340 Å². The number of likely N-dealkylation sites (tertiary alicyclic amines) is 1. The molecule has 296 valence electrons. The number of H-pyrrole nitrogens is 1. The zero-order valence-electron chi connectivity index (χ0n) is 32.9. The number of fused-ring (bicyclic) bond motifs is 2. The van der Waals surface area contributed by atoms with Gasteiger partial charge in [0.15, 0.2) is 6.23 Å². The molecular weight excluding hydrogens is 743 g/mol. The van der Waals surface area contributed by atoms with Gasteiger partial charge in [-0.3, -0.25) is 19.2 Å². The zero-order chi connectivity index (χ0) is 40.5. The van der Waals surface area contributed by atoms with Crippen LogP contribution in [0.15, 0.2) is 149 Å². The second kappa shape index (κ2) is 14.2. The van der Waals surface area contributed by atoms with Crippen LogP contribution in [0, 0.1) is 6.92 Å². The predicted molar refractivity (Wildman–Crippen MR) is 228 cm³/mol. The number of benzene rings is 7. The van der Waals surface area contributed by atoms with Crippen molar-refractivity contribution in [1.82, 2.24) is 14.5 Å². The summed E-state index contributed by atoms with van der Waals surface area (Å²) in [5, 5.41) is 19.7. The molecule has 10 nitrogen and oxygen atoms in total. The number of hydrogen-bond acceptors (Lipinski definition) is 8. The van der Waals surface area contributed by atoms with E-state index in [-0.39, 0.29) is 6.61 Å². The molecule has 0 aliphatic carbocycles. The first kappa shape index (κ1) is 37.0. The van der Waals surface area contributed by atoms with E-state index in [0.717, 1.165) is 33.0 Å². The lowest BCUT2D eigenvalue weighted by Crippen LogP contribution is -2.51. The molecule has 1 aromatic heterocycles. The minimum Gasteiger partial charge on any atom is -0.497 e. The Morgan fingerprint density at radius 1 is 0.746 bits per heavy atom. The first-order chi connectivity index (χ1) is 28.7. The van der Waals surface area contributed by atoms with Crippen molar-refractivity contribution < 1.29 is 24.1 Å². The summed E-state index contributed by atoms with van der Waals surface area (Å²) >= 11 is 0. The average molecular weight is 786 g/mol. The molecule has 0 amide bonds. The topological polar surface area (TPSA) is 115 Å². The van der Waals surface area contributed by atoms with Crippen LogP contribution in [0.1, 0.15) is 34.0 Å². The van der Waals surface area contributed by atoms with E-state index in [2.05, 4.69) is 64.5 Å². The van der Waals surface area contributed by atoms with Crippen LogP contribution in [-0.4, -0.2) is 64.7 Å². The van der Waals surface area contributed by atoms with E-state index in [0.29, 0.717) is 30.2 Å². The number of rotatable bonds is 11. The van der Waals surface area contributed by atoms with Crippen molar-refractivity contribution in [1.29, 1.82) is 0 Å². The third kappa shape index (κ3) is 5.85. The van der Waals surface area contributed by atoms with Crippen LogP contribution in [0.2, 0.25) is 0 Å². The molecule has 4 atom stereocenters. The molecule has 0 radical (unpaired) electrons. The van der Waals surface area contributed by atoms with Gasteiger partial charge in [0.05, 0.1) is 26.9 Å². The van der Waals surface area contributed by atoms with E-state index in [1.165, 1.54) is 32.3 Å². The van der Waals surface area contributed by atoms with E-state index in [9.17, 15) is 14.7 Å². The SMILES string of the molecule is COc1ccc(C(OC[C@@]23CN(Cc4ccc5ccc6cccc7ccc4c5c67)[C@@H]([C@H](n4cc(C)c(=O)[nH]c4=O)O2)[C@@H]3O)(c2ccccc2)c2ccc(OC)cc2)cc1. The average Bonchev–Trinajstić information content (AvgIpc) is 3.70. The summed E-state index contributed by atoms with van der Waals surface area (Å²) in [6.45, 7) is 2.37. The molecule has 10 heteroatoms. The Morgan fingerprint density at radius 3 is 1.98 bits per heavy atom. The van der Waals surface area contributed by atoms with Crippen LogP contribution in [0.3, 0.4) is 0 Å². The first-order valence-electron chi connectivity index (χ1n) is 19.8. The van der Waals surface area contributed by atoms with Gasteiger partial charge in [-0.15, -0.1) is 0 Å². The van der Waals surface area contributed by atoms with Crippen LogP contribution >= 0.6 is 0 Å². The number of methoxy groups -OCH3 is 2. The summed E-state index contributed by atoms with van der Waals surface area (Å²) < 4.78 is 26.8. The third-order valence-corrected chi connectivity index (χ3v) is 12.5. The van der Waals surface area contributed by atoms with Crippen molar-refractivity contribution in [3.63, 3.8) is 0 Å². The molecule has 7 aromatic carbocycles. The van der Waals surface area contributed by atoms with E-state index in [1.54, 1.807) is 21.1 Å². The summed E-state index contributed by atoms with van der Waals surface area (Å²) in [6.07, 6.45) is -0.490. The van der Waals surface area contributed by atoms with Crippen molar-refractivity contribution in [2.75, 3.05) is 27.4 Å². The second-order valence-electron chi connectivity index (χ2n) is 15.8. The van der Waals surface area contributed by atoms with Crippen LogP contribution in [-0.2, 0) is 21.6 Å². The smallest absolute Gasteiger partial charge is 0.330 e. The maximum Gasteiger partial charge on any atom is 0.330 e. The summed E-state index contributed by atoms with van der Waals surface area (Å²) in [5.74, 6) is 1.40. The maximum atomic E-state index is 13.6. The number of aliphatic hydroxyl groups excluding tert-OH is 1. The highest BCUT2D eigenvalue weighted by molar-refractivity contribution is 6.23. The number of aromatic amines is 1. The van der Waals surface area contributed by atoms with Gasteiger partial charge in [0.2, 0.25) is 0 Å². The molecule has 0 saturated carbocycles. The highest BCUT2D eigenvalue weighted by Crippen LogP contribution is 2.50. The molecule has 2 bridgehead atoms. The fourth-order valence-corrected chi connectivity index (χ4v) is 9.59. The van der Waals surface area contributed by atoms with Crippen molar-refractivity contribution >= 4 is 32.3 Å². The fraction of sp³-hybridized carbons (Fsp3) is 0.224. The Kier molecular flexibility index (Phi) is 8.91. The number of aliphatic hydroxyl groups is 1. The van der Waals surface area contributed by atoms with E-state index < -0.39 is 40.8 Å². The standard InChI is InChI=1S/C49H43N3O7/c1-30-26-52(47(55)50-45(30)54)46-43-44(53)48(59-46,28-51(43)27-34-15-14-33-13-12-31-8-7-9-32-16-25-40(34)42(33)41(31)32)29-58-49(35-10-5-4-6-11-35,36-17-21-38(56-2)22-18-36)37-19-23-39(57-3)24-20-37/h4-26,43-44,46,53H,27-29H2,1-3H3,(H,50,54,55)/t43-,44+,46-,48-/m1/s1. The molecule has 3 heterocycles. The molecule has 10 rings (SSSR count). The zero-order valence-corrected chi connectivity index (χ0v) is 32.9. The van der Waals surface area contributed by atoms with E-state index in [1.807, 2.05) is 78.9 Å². The Hall–Kier alpha value is -6.30. The number of nitrogens with zero attached hydrogens (tertiary/aromatic N) is 2. The monoisotopic (exact) mass is 785 g/mol. The molecule has 0 spiro atoms. The Bertz CT molecular complexity index is 2880. The van der Waals surface area contributed by atoms with E-state index >= 15 is 0 Å². The highest BCUT2D eigenvalue weighted by Gasteiger charge is 2.65. The molecule has 2 aliphatic heterocycles. The van der Waals surface area contributed by atoms with Gasteiger partial charge < -0.3 is 24.1 Å². The maximum absolute atomic E-state index is 13.6. The molecule has 59 heavy (non-hydrogen) atoms. The summed E-state index contributed by atoms with van der Waals surface area (Å²) in [7, 11) is 3.27. The van der Waals surface area contributed by atoms with Crippen LogP contribution in [0.4, 0.5) is 0 Å². The number of aromatic nitrogens is 2. The van der Waals surface area contributed by atoms with Gasteiger partial charge in [0.25, 0.3) is 5.56 Å². The lowest BCUT2D eigenvalue weighted by Gasteiger charge is -2.41.